The Labute approximate surface area is 140 Å². The summed E-state index contributed by atoms with van der Waals surface area (Å²) in [5.74, 6) is -0.476. The van der Waals surface area contributed by atoms with Crippen molar-refractivity contribution in [2.45, 2.75) is 0 Å². The highest BCUT2D eigenvalue weighted by molar-refractivity contribution is 6.52. The van der Waals surface area contributed by atoms with Crippen LogP contribution in [0, 0.1) is 0 Å². The smallest absolute Gasteiger partial charge is 0.197 e. The van der Waals surface area contributed by atoms with Gasteiger partial charge in [0, 0.05) is 5.56 Å². The molecule has 2 nitrogen and oxygen atoms in total. The van der Waals surface area contributed by atoms with Gasteiger partial charge in [-0.15, -0.1) is 0 Å². The van der Waals surface area contributed by atoms with Gasteiger partial charge in [0.2, 0.25) is 0 Å². The van der Waals surface area contributed by atoms with Crippen LogP contribution in [0.5, 0.6) is 0 Å². The summed E-state index contributed by atoms with van der Waals surface area (Å²) < 4.78 is 0. The summed E-state index contributed by atoms with van der Waals surface area (Å²) in [5, 5.41) is 0.425. The van der Waals surface area contributed by atoms with Crippen LogP contribution in [0.15, 0.2) is 24.3 Å². The molecule has 20 heavy (non-hydrogen) atoms. The molecule has 2 aromatic rings. The number of anilines is 1. The SMILES string of the molecule is Nc1cccc(C(=O)c2c(Cl)cc(Cl)c(Cl)c2Cl)c1Cl. The minimum atomic E-state index is -0.476. The number of nitrogen functional groups attached to an aromatic ring is 1. The number of hydrogen-bond acceptors (Lipinski definition) is 2. The third-order valence-corrected chi connectivity index (χ3v) is 4.60. The first kappa shape index (κ1) is 15.7. The largest absolute Gasteiger partial charge is 0.398 e. The summed E-state index contributed by atoms with van der Waals surface area (Å²) in [7, 11) is 0. The van der Waals surface area contributed by atoms with E-state index in [4.69, 9.17) is 63.7 Å². The van der Waals surface area contributed by atoms with Gasteiger partial charge in [0.15, 0.2) is 5.78 Å². The van der Waals surface area contributed by atoms with Crippen molar-refractivity contribution in [1.82, 2.24) is 0 Å². The minimum Gasteiger partial charge on any atom is -0.398 e. The van der Waals surface area contributed by atoms with Crippen molar-refractivity contribution < 1.29 is 4.79 Å². The average molecular weight is 369 g/mol. The van der Waals surface area contributed by atoms with E-state index in [1.54, 1.807) is 12.1 Å². The summed E-state index contributed by atoms with van der Waals surface area (Å²) in [4.78, 5) is 12.5. The standard InChI is InChI=1S/C13H6Cl5NO/c14-6-4-7(15)11(17)12(18)9(6)13(20)5-2-1-3-8(19)10(5)16/h1-4H,19H2. The number of halogens is 5. The van der Waals surface area contributed by atoms with Crippen LogP contribution < -0.4 is 5.73 Å². The molecule has 0 unspecified atom stereocenters. The van der Waals surface area contributed by atoms with Crippen LogP contribution in [0.25, 0.3) is 0 Å². The highest BCUT2D eigenvalue weighted by atomic mass is 35.5. The Morgan fingerprint density at radius 3 is 2.20 bits per heavy atom. The number of ketones is 1. The maximum atomic E-state index is 12.5. The molecule has 0 aromatic heterocycles. The zero-order chi connectivity index (χ0) is 15.0. The second-order valence-corrected chi connectivity index (χ2v) is 5.83. The zero-order valence-electron chi connectivity index (χ0n) is 9.68. The first-order chi connectivity index (χ1) is 9.34. The maximum absolute atomic E-state index is 12.5. The lowest BCUT2D eigenvalue weighted by molar-refractivity contribution is 0.103. The predicted molar refractivity (Wildman–Crippen MR) is 85.8 cm³/mol. The molecule has 7 heteroatoms. The van der Waals surface area contributed by atoms with Gasteiger partial charge in [-0.25, -0.2) is 0 Å². The van der Waals surface area contributed by atoms with Crippen molar-refractivity contribution in [2.24, 2.45) is 0 Å². The molecule has 0 aliphatic rings. The van der Waals surface area contributed by atoms with Gasteiger partial charge in [0.05, 0.1) is 36.4 Å². The third kappa shape index (κ3) is 2.72. The molecule has 2 rings (SSSR count). The number of hydrogen-bond donors (Lipinski definition) is 1. The van der Waals surface area contributed by atoms with Crippen LogP contribution >= 0.6 is 58.0 Å². The predicted octanol–water partition coefficient (Wildman–Crippen LogP) is 5.77. The molecule has 2 aromatic carbocycles. The molecule has 0 heterocycles. The van der Waals surface area contributed by atoms with Gasteiger partial charge in [0.25, 0.3) is 0 Å². The Hall–Kier alpha value is -0.640. The molecule has 2 N–H and O–H groups in total. The molecular formula is C13H6Cl5NO. The summed E-state index contributed by atoms with van der Waals surface area (Å²) in [6.45, 7) is 0. The van der Waals surface area contributed by atoms with E-state index in [9.17, 15) is 4.79 Å². The van der Waals surface area contributed by atoms with Crippen molar-refractivity contribution in [3.05, 3.63) is 60.5 Å². The van der Waals surface area contributed by atoms with Gasteiger partial charge >= 0.3 is 0 Å². The number of carbonyl (C=O) groups excluding carboxylic acids is 1. The Balaban J connectivity index is 2.66. The van der Waals surface area contributed by atoms with E-state index < -0.39 is 5.78 Å². The molecule has 0 radical (unpaired) electrons. The third-order valence-electron chi connectivity index (χ3n) is 2.61. The lowest BCUT2D eigenvalue weighted by Gasteiger charge is -2.11. The van der Waals surface area contributed by atoms with E-state index in [2.05, 4.69) is 0 Å². The Kier molecular flexibility index (Phi) is 4.73. The molecule has 0 atom stereocenters. The zero-order valence-corrected chi connectivity index (χ0v) is 13.5. The Morgan fingerprint density at radius 2 is 1.55 bits per heavy atom. The highest BCUT2D eigenvalue weighted by Crippen LogP contribution is 2.39. The van der Waals surface area contributed by atoms with Crippen LogP contribution in [-0.2, 0) is 0 Å². The van der Waals surface area contributed by atoms with Crippen LogP contribution in [0.2, 0.25) is 25.1 Å². The fourth-order valence-electron chi connectivity index (χ4n) is 1.63. The van der Waals surface area contributed by atoms with Gasteiger partial charge < -0.3 is 5.73 Å². The van der Waals surface area contributed by atoms with E-state index in [-0.39, 0.29) is 41.9 Å². The van der Waals surface area contributed by atoms with Gasteiger partial charge in [0.1, 0.15) is 0 Å². The van der Waals surface area contributed by atoms with E-state index in [1.807, 2.05) is 0 Å². The molecule has 0 spiro atoms. The molecular weight excluding hydrogens is 363 g/mol. The molecule has 104 valence electrons. The summed E-state index contributed by atoms with van der Waals surface area (Å²) >= 11 is 29.9. The number of nitrogens with two attached hydrogens (primary N) is 1. The van der Waals surface area contributed by atoms with Crippen LogP contribution in [0.1, 0.15) is 15.9 Å². The average Bonchev–Trinajstić information content (AvgIpc) is 2.39. The Morgan fingerprint density at radius 1 is 0.900 bits per heavy atom. The quantitative estimate of drug-likeness (QED) is 0.316. The van der Waals surface area contributed by atoms with E-state index >= 15 is 0 Å². The summed E-state index contributed by atoms with van der Waals surface area (Å²) in [5.41, 5.74) is 6.18. The highest BCUT2D eigenvalue weighted by Gasteiger charge is 2.23. The fourth-order valence-corrected chi connectivity index (χ4v) is 2.93. The number of benzene rings is 2. The van der Waals surface area contributed by atoms with E-state index in [0.717, 1.165) is 0 Å². The maximum Gasteiger partial charge on any atom is 0.197 e. The molecule has 0 aliphatic carbocycles. The van der Waals surface area contributed by atoms with Crippen LogP contribution in [0.4, 0.5) is 5.69 Å². The minimum absolute atomic E-state index is 0.0207. The molecule has 0 bridgehead atoms. The van der Waals surface area contributed by atoms with Gasteiger partial charge in [-0.2, -0.15) is 0 Å². The van der Waals surface area contributed by atoms with Gasteiger partial charge in [-0.05, 0) is 18.2 Å². The van der Waals surface area contributed by atoms with Crippen LogP contribution in [-0.4, -0.2) is 5.78 Å². The molecule has 0 amide bonds. The lowest BCUT2D eigenvalue weighted by atomic mass is 10.0. The van der Waals surface area contributed by atoms with Gasteiger partial charge in [-0.1, -0.05) is 64.1 Å². The van der Waals surface area contributed by atoms with E-state index in [0.29, 0.717) is 0 Å². The van der Waals surface area contributed by atoms with Crippen molar-refractivity contribution in [3.63, 3.8) is 0 Å². The van der Waals surface area contributed by atoms with Crippen molar-refractivity contribution >= 4 is 69.5 Å². The molecule has 0 fully saturated rings. The van der Waals surface area contributed by atoms with Crippen molar-refractivity contribution in [3.8, 4) is 0 Å². The van der Waals surface area contributed by atoms with Crippen molar-refractivity contribution in [2.75, 3.05) is 5.73 Å². The monoisotopic (exact) mass is 367 g/mol. The second-order valence-electron chi connectivity index (χ2n) is 3.88. The molecule has 0 aliphatic heterocycles. The van der Waals surface area contributed by atoms with Gasteiger partial charge in [-0.3, -0.25) is 4.79 Å². The van der Waals surface area contributed by atoms with E-state index in [1.165, 1.54) is 12.1 Å². The lowest BCUT2D eigenvalue weighted by Crippen LogP contribution is -2.06. The Bertz CT molecular complexity index is 714. The number of carbonyl (C=O) groups is 1. The fraction of sp³-hybridized carbons (Fsp3) is 0. The second kappa shape index (κ2) is 6.00. The van der Waals surface area contributed by atoms with Crippen LogP contribution in [0.3, 0.4) is 0 Å². The van der Waals surface area contributed by atoms with Crippen molar-refractivity contribution in [1.29, 1.82) is 0 Å². The first-order valence-electron chi connectivity index (χ1n) is 5.26. The summed E-state index contributed by atoms with van der Waals surface area (Å²) in [6.07, 6.45) is 0. The summed E-state index contributed by atoms with van der Waals surface area (Å²) in [6, 6.07) is 6.06. The molecule has 0 saturated heterocycles. The number of rotatable bonds is 2. The molecule has 0 saturated carbocycles. The topological polar surface area (TPSA) is 43.1 Å². The normalized spacial score (nSPS) is 10.7. The first-order valence-corrected chi connectivity index (χ1v) is 7.15.